The van der Waals surface area contributed by atoms with Gasteiger partial charge in [-0.3, -0.25) is 9.59 Å². The van der Waals surface area contributed by atoms with E-state index in [1.54, 1.807) is 0 Å². The summed E-state index contributed by atoms with van der Waals surface area (Å²) in [7, 11) is 1.86. The van der Waals surface area contributed by atoms with Crippen LogP contribution in [0.4, 0.5) is 0 Å². The van der Waals surface area contributed by atoms with E-state index in [1.807, 2.05) is 11.9 Å². The predicted octanol–water partition coefficient (Wildman–Crippen LogP) is 0.564. The molecule has 2 amide bonds. The fourth-order valence-corrected chi connectivity index (χ4v) is 4.13. The molecular formula is C18H32N4O2. The number of carbonyl (C=O) groups is 2. The largest absolute Gasteiger partial charge is 0.342 e. The monoisotopic (exact) mass is 336 g/mol. The van der Waals surface area contributed by atoms with Crippen molar-refractivity contribution in [2.45, 2.75) is 51.0 Å². The van der Waals surface area contributed by atoms with Crippen LogP contribution in [-0.2, 0) is 9.59 Å². The summed E-state index contributed by atoms with van der Waals surface area (Å²) in [6.07, 6.45) is 7.08. The van der Waals surface area contributed by atoms with E-state index >= 15 is 0 Å². The first-order chi connectivity index (χ1) is 11.6. The van der Waals surface area contributed by atoms with Gasteiger partial charge >= 0.3 is 0 Å². The highest BCUT2D eigenvalue weighted by Gasteiger charge is 2.48. The molecule has 3 rings (SSSR count). The Morgan fingerprint density at radius 2 is 1.83 bits per heavy atom. The number of likely N-dealkylation sites (N-methyl/N-ethyl adjacent to an activating group) is 1. The normalized spacial score (nSPS) is 23.9. The lowest BCUT2D eigenvalue weighted by Gasteiger charge is -2.54. The molecule has 6 heteroatoms. The van der Waals surface area contributed by atoms with Crippen molar-refractivity contribution in [2.24, 2.45) is 17.1 Å². The molecule has 136 valence electrons. The summed E-state index contributed by atoms with van der Waals surface area (Å²) in [6, 6.07) is -0.0783. The summed E-state index contributed by atoms with van der Waals surface area (Å²) >= 11 is 0. The third-order valence-corrected chi connectivity index (χ3v) is 6.02. The third-order valence-electron chi connectivity index (χ3n) is 6.02. The van der Waals surface area contributed by atoms with Gasteiger partial charge in [-0.2, -0.15) is 0 Å². The van der Waals surface area contributed by atoms with Crippen LogP contribution in [0.25, 0.3) is 0 Å². The van der Waals surface area contributed by atoms with Gasteiger partial charge in [0.15, 0.2) is 0 Å². The second kappa shape index (κ2) is 7.40. The number of amides is 2. The summed E-state index contributed by atoms with van der Waals surface area (Å²) in [6.45, 7) is 4.18. The van der Waals surface area contributed by atoms with Crippen LogP contribution in [0, 0.1) is 11.3 Å². The number of unbranched alkanes of at least 4 members (excludes halogenated alkanes) is 1. The van der Waals surface area contributed by atoms with Crippen LogP contribution in [0.5, 0.6) is 0 Å². The molecule has 3 aliphatic rings. The summed E-state index contributed by atoms with van der Waals surface area (Å²) < 4.78 is 0. The van der Waals surface area contributed by atoms with Gasteiger partial charge in [0, 0.05) is 37.5 Å². The van der Waals surface area contributed by atoms with Crippen LogP contribution in [0.1, 0.15) is 44.9 Å². The fourth-order valence-electron chi connectivity index (χ4n) is 4.13. The Bertz CT molecular complexity index is 462. The second-order valence-corrected chi connectivity index (χ2v) is 7.92. The first-order valence-corrected chi connectivity index (χ1v) is 9.53. The van der Waals surface area contributed by atoms with Crippen LogP contribution in [0.3, 0.4) is 0 Å². The number of rotatable bonds is 7. The Hall–Kier alpha value is -1.14. The number of carbonyl (C=O) groups excluding carboxylic acids is 2. The number of nitrogens with zero attached hydrogens (tertiary/aromatic N) is 2. The van der Waals surface area contributed by atoms with Crippen molar-refractivity contribution in [3.8, 4) is 0 Å². The second-order valence-electron chi connectivity index (χ2n) is 7.92. The van der Waals surface area contributed by atoms with Crippen molar-refractivity contribution in [3.63, 3.8) is 0 Å². The Labute approximate surface area is 145 Å². The molecular weight excluding hydrogens is 304 g/mol. The average molecular weight is 336 g/mol. The number of hydrogen-bond donors (Lipinski definition) is 2. The number of piperidine rings is 1. The van der Waals surface area contributed by atoms with E-state index in [0.29, 0.717) is 18.4 Å². The Morgan fingerprint density at radius 1 is 1.17 bits per heavy atom. The van der Waals surface area contributed by atoms with E-state index in [1.165, 1.54) is 0 Å². The Balaban J connectivity index is 1.42. The minimum Gasteiger partial charge on any atom is -0.342 e. The zero-order chi connectivity index (χ0) is 17.2. The van der Waals surface area contributed by atoms with E-state index in [2.05, 4.69) is 10.2 Å². The smallest absolute Gasteiger partial charge is 0.239 e. The maximum atomic E-state index is 12.6. The number of likely N-dealkylation sites (tertiary alicyclic amines) is 2. The predicted molar refractivity (Wildman–Crippen MR) is 93.3 cm³/mol. The summed E-state index contributed by atoms with van der Waals surface area (Å²) in [5.74, 6) is 0.923. The lowest BCUT2D eigenvalue weighted by atomic mass is 9.71. The maximum absolute atomic E-state index is 12.6. The molecule has 3 fully saturated rings. The first-order valence-electron chi connectivity index (χ1n) is 9.53. The van der Waals surface area contributed by atoms with E-state index in [-0.39, 0.29) is 17.4 Å². The molecule has 0 unspecified atom stereocenters. The van der Waals surface area contributed by atoms with Gasteiger partial charge in [0.2, 0.25) is 11.8 Å². The maximum Gasteiger partial charge on any atom is 0.239 e. The van der Waals surface area contributed by atoms with Crippen molar-refractivity contribution in [2.75, 3.05) is 39.8 Å². The molecule has 0 aromatic carbocycles. The zero-order valence-electron chi connectivity index (χ0n) is 14.9. The third kappa shape index (κ3) is 3.75. The molecule has 1 aliphatic carbocycles. The molecule has 0 radical (unpaired) electrons. The molecule has 24 heavy (non-hydrogen) atoms. The van der Waals surface area contributed by atoms with Crippen molar-refractivity contribution in [3.05, 3.63) is 0 Å². The summed E-state index contributed by atoms with van der Waals surface area (Å²) in [5, 5.41) is 3.16. The van der Waals surface area contributed by atoms with Gasteiger partial charge in [0.1, 0.15) is 0 Å². The molecule has 1 atom stereocenters. The molecule has 0 aromatic rings. The number of nitrogens with one attached hydrogen (secondary N) is 1. The van der Waals surface area contributed by atoms with Gasteiger partial charge < -0.3 is 20.9 Å². The van der Waals surface area contributed by atoms with Crippen molar-refractivity contribution in [1.82, 2.24) is 15.1 Å². The van der Waals surface area contributed by atoms with Crippen LogP contribution in [0.2, 0.25) is 0 Å². The number of nitrogens with two attached hydrogens (primary N) is 1. The molecule has 0 bridgehead atoms. The van der Waals surface area contributed by atoms with Gasteiger partial charge in [0.05, 0.1) is 6.04 Å². The fraction of sp³-hybridized carbons (Fsp3) is 0.889. The Morgan fingerprint density at radius 3 is 2.38 bits per heavy atom. The lowest BCUT2D eigenvalue weighted by Crippen LogP contribution is -2.64. The first kappa shape index (κ1) is 17.7. The quantitative estimate of drug-likeness (QED) is 0.666. The van der Waals surface area contributed by atoms with Gasteiger partial charge in [-0.1, -0.05) is 6.42 Å². The van der Waals surface area contributed by atoms with Gasteiger partial charge in [-0.15, -0.1) is 0 Å². The molecule has 3 N–H and O–H groups in total. The minimum absolute atomic E-state index is 0.0783. The van der Waals surface area contributed by atoms with Gasteiger partial charge in [0.25, 0.3) is 0 Å². The van der Waals surface area contributed by atoms with E-state index in [4.69, 9.17) is 5.73 Å². The topological polar surface area (TPSA) is 78.7 Å². The van der Waals surface area contributed by atoms with Crippen molar-refractivity contribution < 1.29 is 9.59 Å². The molecule has 1 saturated carbocycles. The van der Waals surface area contributed by atoms with Crippen LogP contribution in [-0.4, -0.2) is 67.4 Å². The van der Waals surface area contributed by atoms with Crippen LogP contribution >= 0.6 is 0 Å². The SMILES string of the molecule is CN[C@H](CCCCN)C(=O)N1CC2(CCN(C(=O)C3CC3)CC2)C1. The van der Waals surface area contributed by atoms with Gasteiger partial charge in [-0.05, 0) is 52.1 Å². The standard InChI is InChI=1S/C18H32N4O2/c1-20-15(4-2-3-9-19)17(24)22-12-18(13-22)7-10-21(11-8-18)16(23)14-5-6-14/h14-15,20H,2-13,19H2,1H3/t15-/m1/s1. The summed E-state index contributed by atoms with van der Waals surface area (Å²) in [5.41, 5.74) is 5.80. The Kier molecular flexibility index (Phi) is 5.45. The van der Waals surface area contributed by atoms with Gasteiger partial charge in [-0.25, -0.2) is 0 Å². The van der Waals surface area contributed by atoms with E-state index in [9.17, 15) is 9.59 Å². The molecule has 2 heterocycles. The minimum atomic E-state index is -0.0783. The highest BCUT2D eigenvalue weighted by Crippen LogP contribution is 2.42. The van der Waals surface area contributed by atoms with Crippen LogP contribution in [0.15, 0.2) is 0 Å². The molecule has 2 aliphatic heterocycles. The van der Waals surface area contributed by atoms with Crippen LogP contribution < -0.4 is 11.1 Å². The van der Waals surface area contributed by atoms with E-state index in [0.717, 1.165) is 71.1 Å². The zero-order valence-corrected chi connectivity index (χ0v) is 14.9. The van der Waals surface area contributed by atoms with Crippen molar-refractivity contribution in [1.29, 1.82) is 0 Å². The molecule has 0 aromatic heterocycles. The highest BCUT2D eigenvalue weighted by atomic mass is 16.2. The highest BCUT2D eigenvalue weighted by molar-refractivity contribution is 5.83. The molecule has 2 saturated heterocycles. The van der Waals surface area contributed by atoms with Crippen molar-refractivity contribution >= 4 is 11.8 Å². The average Bonchev–Trinajstić information content (AvgIpc) is 3.40. The molecule has 1 spiro atoms. The molecule has 6 nitrogen and oxygen atoms in total. The lowest BCUT2D eigenvalue weighted by molar-refractivity contribution is -0.152. The number of hydrogen-bond acceptors (Lipinski definition) is 4. The summed E-state index contributed by atoms with van der Waals surface area (Å²) in [4.78, 5) is 28.8. The van der Waals surface area contributed by atoms with E-state index < -0.39 is 0 Å².